The minimum Gasteiger partial charge on any atom is -0.478 e. The van der Waals surface area contributed by atoms with Crippen molar-refractivity contribution in [1.82, 2.24) is 0 Å². The van der Waals surface area contributed by atoms with E-state index in [0.29, 0.717) is 6.61 Å². The second-order valence-electron chi connectivity index (χ2n) is 4.75. The average molecular weight is 265 g/mol. The lowest BCUT2D eigenvalue weighted by atomic mass is 10.1. The Bertz CT molecular complexity index is 581. The fourth-order valence-corrected chi connectivity index (χ4v) is 1.89. The van der Waals surface area contributed by atoms with Crippen molar-refractivity contribution < 1.29 is 4.74 Å². The van der Waals surface area contributed by atoms with Gasteiger partial charge in [0.05, 0.1) is 5.70 Å². The van der Waals surface area contributed by atoms with E-state index in [4.69, 9.17) is 4.74 Å². The van der Waals surface area contributed by atoms with Crippen molar-refractivity contribution in [3.63, 3.8) is 0 Å². The summed E-state index contributed by atoms with van der Waals surface area (Å²) in [5.41, 5.74) is 4.36. The molecular weight excluding hydrogens is 246 g/mol. The molecule has 0 spiro atoms. The van der Waals surface area contributed by atoms with E-state index >= 15 is 0 Å². The second kappa shape index (κ2) is 7.29. The normalized spacial score (nSPS) is 10.5. The molecule has 0 fully saturated rings. The molecule has 0 aliphatic rings. The van der Waals surface area contributed by atoms with E-state index < -0.39 is 0 Å². The predicted molar refractivity (Wildman–Crippen MR) is 84.4 cm³/mol. The van der Waals surface area contributed by atoms with Gasteiger partial charge in [-0.3, -0.25) is 0 Å². The first kappa shape index (κ1) is 14.1. The Hall–Kier alpha value is -2.35. The first-order valence-electron chi connectivity index (χ1n) is 6.68. The molecular formula is C18H19NO. The van der Waals surface area contributed by atoms with Crippen LogP contribution in [0.4, 0.5) is 0 Å². The number of ether oxygens (including phenoxy) is 1. The predicted octanol–water partition coefficient (Wildman–Crippen LogP) is 4.68. The molecule has 20 heavy (non-hydrogen) atoms. The number of allylic oxidation sites excluding steroid dienone is 1. The lowest BCUT2D eigenvalue weighted by molar-refractivity contribution is 0.308. The number of benzene rings is 2. The zero-order valence-electron chi connectivity index (χ0n) is 11.9. The topological polar surface area (TPSA) is 21.6 Å². The summed E-state index contributed by atoms with van der Waals surface area (Å²) >= 11 is 0. The van der Waals surface area contributed by atoms with E-state index in [1.54, 1.807) is 0 Å². The van der Waals surface area contributed by atoms with Crippen LogP contribution in [0.5, 0.6) is 0 Å². The van der Waals surface area contributed by atoms with Crippen molar-refractivity contribution in [2.75, 3.05) is 0 Å². The summed E-state index contributed by atoms with van der Waals surface area (Å²) in [5.74, 6) is 0. The van der Waals surface area contributed by atoms with Crippen molar-refractivity contribution in [3.05, 3.63) is 77.4 Å². The number of nitrogens with zero attached hydrogens (tertiary/aromatic N) is 1. The summed E-state index contributed by atoms with van der Waals surface area (Å²) in [5, 5.41) is 0. The zero-order valence-corrected chi connectivity index (χ0v) is 11.9. The third-order valence-electron chi connectivity index (χ3n) is 2.87. The maximum absolute atomic E-state index is 5.50. The molecule has 0 aliphatic carbocycles. The van der Waals surface area contributed by atoms with E-state index in [9.17, 15) is 0 Å². The zero-order chi connectivity index (χ0) is 14.2. The van der Waals surface area contributed by atoms with Gasteiger partial charge in [0.25, 0.3) is 0 Å². The van der Waals surface area contributed by atoms with Gasteiger partial charge in [0, 0.05) is 5.56 Å². The van der Waals surface area contributed by atoms with E-state index in [1.807, 2.05) is 48.5 Å². The van der Waals surface area contributed by atoms with Gasteiger partial charge in [-0.15, -0.1) is 0 Å². The van der Waals surface area contributed by atoms with Crippen LogP contribution in [-0.4, -0.2) is 6.40 Å². The van der Waals surface area contributed by atoms with E-state index in [0.717, 1.165) is 22.4 Å². The largest absolute Gasteiger partial charge is 0.478 e. The molecule has 0 saturated heterocycles. The Morgan fingerprint density at radius 1 is 0.950 bits per heavy atom. The average Bonchev–Trinajstić information content (AvgIpc) is 2.49. The summed E-state index contributed by atoms with van der Waals surface area (Å²) in [7, 11) is 0. The third-order valence-corrected chi connectivity index (χ3v) is 2.87. The van der Waals surface area contributed by atoms with Crippen molar-refractivity contribution in [2.24, 2.45) is 4.99 Å². The Labute approximate surface area is 120 Å². The molecule has 2 nitrogen and oxygen atoms in total. The lowest BCUT2D eigenvalue weighted by Gasteiger charge is -2.05. The minimum atomic E-state index is 0.537. The summed E-state index contributed by atoms with van der Waals surface area (Å²) < 4.78 is 5.50. The molecule has 2 rings (SSSR count). The summed E-state index contributed by atoms with van der Waals surface area (Å²) in [4.78, 5) is 4.44. The van der Waals surface area contributed by atoms with Crippen LogP contribution < -0.4 is 0 Å². The monoisotopic (exact) mass is 265 g/mol. The van der Waals surface area contributed by atoms with Gasteiger partial charge in [0.15, 0.2) is 6.40 Å². The summed E-state index contributed by atoms with van der Waals surface area (Å²) in [6, 6.07) is 20.2. The maximum atomic E-state index is 5.50. The Morgan fingerprint density at radius 3 is 2.15 bits per heavy atom. The molecule has 0 unspecified atom stereocenters. The maximum Gasteiger partial charge on any atom is 0.175 e. The van der Waals surface area contributed by atoms with Crippen LogP contribution in [0.25, 0.3) is 5.70 Å². The van der Waals surface area contributed by atoms with Gasteiger partial charge in [-0.05, 0) is 25.0 Å². The van der Waals surface area contributed by atoms with Crippen LogP contribution in [-0.2, 0) is 11.3 Å². The Balaban J connectivity index is 2.00. The molecule has 2 heteroatoms. The highest BCUT2D eigenvalue weighted by Crippen LogP contribution is 2.19. The van der Waals surface area contributed by atoms with E-state index in [1.165, 1.54) is 6.40 Å². The van der Waals surface area contributed by atoms with Gasteiger partial charge in [-0.2, -0.15) is 0 Å². The minimum absolute atomic E-state index is 0.537. The SMILES string of the molecule is CC(C)=C(N=COCc1ccccc1)c1ccccc1. The van der Waals surface area contributed by atoms with Crippen LogP contribution in [0.3, 0.4) is 0 Å². The smallest absolute Gasteiger partial charge is 0.175 e. The van der Waals surface area contributed by atoms with Gasteiger partial charge in [-0.1, -0.05) is 60.7 Å². The first-order chi connectivity index (χ1) is 9.77. The lowest BCUT2D eigenvalue weighted by Crippen LogP contribution is -1.91. The molecule has 2 aromatic rings. The third kappa shape index (κ3) is 4.09. The molecule has 0 aliphatic heterocycles. The van der Waals surface area contributed by atoms with E-state index in [-0.39, 0.29) is 0 Å². The van der Waals surface area contributed by atoms with Crippen LogP contribution in [0, 0.1) is 0 Å². The molecule has 0 bridgehead atoms. The quantitative estimate of drug-likeness (QED) is 0.568. The number of rotatable bonds is 5. The van der Waals surface area contributed by atoms with Crippen molar-refractivity contribution in [3.8, 4) is 0 Å². The highest BCUT2D eigenvalue weighted by atomic mass is 16.5. The molecule has 0 amide bonds. The Morgan fingerprint density at radius 2 is 1.55 bits per heavy atom. The van der Waals surface area contributed by atoms with E-state index in [2.05, 4.69) is 31.0 Å². The van der Waals surface area contributed by atoms with Gasteiger partial charge in [0.2, 0.25) is 0 Å². The summed E-state index contributed by atoms with van der Waals surface area (Å²) in [6.07, 6.45) is 1.53. The van der Waals surface area contributed by atoms with Crippen molar-refractivity contribution in [2.45, 2.75) is 20.5 Å². The van der Waals surface area contributed by atoms with Crippen LogP contribution in [0.2, 0.25) is 0 Å². The number of aliphatic imine (C=N–C) groups is 1. The first-order valence-corrected chi connectivity index (χ1v) is 6.68. The van der Waals surface area contributed by atoms with Crippen LogP contribution in [0.15, 0.2) is 71.2 Å². The molecule has 0 heterocycles. The second-order valence-corrected chi connectivity index (χ2v) is 4.75. The van der Waals surface area contributed by atoms with Gasteiger partial charge in [-0.25, -0.2) is 4.99 Å². The fourth-order valence-electron chi connectivity index (χ4n) is 1.89. The van der Waals surface area contributed by atoms with Crippen LogP contribution in [0.1, 0.15) is 25.0 Å². The summed E-state index contributed by atoms with van der Waals surface area (Å²) in [6.45, 7) is 4.64. The molecule has 0 radical (unpaired) electrons. The van der Waals surface area contributed by atoms with Crippen molar-refractivity contribution in [1.29, 1.82) is 0 Å². The van der Waals surface area contributed by atoms with Gasteiger partial charge in [0.1, 0.15) is 6.61 Å². The van der Waals surface area contributed by atoms with Gasteiger partial charge >= 0.3 is 0 Å². The molecule has 0 atom stereocenters. The number of hydrogen-bond donors (Lipinski definition) is 0. The number of hydrogen-bond acceptors (Lipinski definition) is 2. The molecule has 2 aromatic carbocycles. The molecule has 0 saturated carbocycles. The van der Waals surface area contributed by atoms with Gasteiger partial charge < -0.3 is 4.74 Å². The Kier molecular flexibility index (Phi) is 5.13. The molecule has 0 N–H and O–H groups in total. The van der Waals surface area contributed by atoms with Crippen LogP contribution >= 0.6 is 0 Å². The standard InChI is InChI=1S/C18H19NO/c1-15(2)18(17-11-7-4-8-12-17)19-14-20-13-16-9-5-3-6-10-16/h3-12,14H,13H2,1-2H3. The molecule has 102 valence electrons. The molecule has 0 aromatic heterocycles. The highest BCUT2D eigenvalue weighted by molar-refractivity contribution is 5.72. The van der Waals surface area contributed by atoms with Crippen molar-refractivity contribution >= 4 is 12.1 Å². The fraction of sp³-hybridized carbons (Fsp3) is 0.167. The highest BCUT2D eigenvalue weighted by Gasteiger charge is 2.00.